The number of aryl methyl sites for hydroxylation is 2. The molecule has 0 bridgehead atoms. The van der Waals surface area contributed by atoms with E-state index in [2.05, 4.69) is 46.8 Å². The van der Waals surface area contributed by atoms with Crippen molar-refractivity contribution in [1.29, 1.82) is 5.26 Å². The molecule has 0 aliphatic heterocycles. The molecule has 0 aliphatic carbocycles. The van der Waals surface area contributed by atoms with Crippen molar-refractivity contribution in [2.75, 3.05) is 0 Å². The molecule has 0 N–H and O–H groups in total. The number of aromatic nitrogens is 2. The van der Waals surface area contributed by atoms with E-state index in [1.165, 1.54) is 25.0 Å². The average molecular weight is 205 g/mol. The number of aliphatic imine (C=N–C) groups is 1. The molecule has 0 spiro atoms. The van der Waals surface area contributed by atoms with Crippen molar-refractivity contribution in [3.63, 3.8) is 0 Å². The highest BCUT2D eigenvalue weighted by Crippen LogP contribution is 1.90. The van der Waals surface area contributed by atoms with Crippen molar-refractivity contribution in [3.8, 4) is 6.19 Å². The first-order chi connectivity index (χ1) is 7.26. The van der Waals surface area contributed by atoms with Crippen molar-refractivity contribution in [2.24, 2.45) is 12.0 Å². The van der Waals surface area contributed by atoms with Crippen LogP contribution < -0.4 is 4.68 Å². The minimum Gasteiger partial charge on any atom is -0.422 e. The van der Waals surface area contributed by atoms with Gasteiger partial charge in [0.25, 0.3) is 0 Å². The Morgan fingerprint density at radius 2 is 2.33 bits per heavy atom. The van der Waals surface area contributed by atoms with Crippen LogP contribution in [0.2, 0.25) is 0 Å². The second-order valence-corrected chi connectivity index (χ2v) is 2.89. The van der Waals surface area contributed by atoms with Crippen LogP contribution in [0, 0.1) is 11.5 Å². The van der Waals surface area contributed by atoms with Gasteiger partial charge in [0.2, 0.25) is 0 Å². The zero-order valence-corrected chi connectivity index (χ0v) is 9.09. The van der Waals surface area contributed by atoms with Gasteiger partial charge >= 0.3 is 0 Å². The van der Waals surface area contributed by atoms with Gasteiger partial charge in [0.05, 0.1) is 18.9 Å². The first-order valence-corrected chi connectivity index (χ1v) is 4.75. The van der Waals surface area contributed by atoms with Crippen LogP contribution >= 0.6 is 0 Å². The smallest absolute Gasteiger partial charge is 0.195 e. The highest BCUT2D eigenvalue weighted by atomic mass is 15.4. The Morgan fingerprint density at radius 3 is 2.67 bits per heavy atom. The van der Waals surface area contributed by atoms with Gasteiger partial charge in [-0.05, 0) is 6.42 Å². The monoisotopic (exact) mass is 205 g/mol. The van der Waals surface area contributed by atoms with Gasteiger partial charge < -0.3 is 10.4 Å². The van der Waals surface area contributed by atoms with Crippen LogP contribution in [0.15, 0.2) is 23.5 Å². The van der Waals surface area contributed by atoms with Crippen LogP contribution in [0.3, 0.4) is 0 Å². The number of nitriles is 1. The molecule has 15 heavy (non-hydrogen) atoms. The van der Waals surface area contributed by atoms with E-state index in [0.29, 0.717) is 0 Å². The van der Waals surface area contributed by atoms with Crippen molar-refractivity contribution >= 4 is 6.01 Å². The van der Waals surface area contributed by atoms with Gasteiger partial charge in [0.15, 0.2) is 13.2 Å². The lowest BCUT2D eigenvalue weighted by atomic mass is 10.3. The minimum atomic E-state index is 1.14. The third kappa shape index (κ3) is 6.19. The molecule has 0 fully saturated rings. The highest BCUT2D eigenvalue weighted by molar-refractivity contribution is 5.46. The molecule has 0 radical (unpaired) electrons. The van der Waals surface area contributed by atoms with E-state index >= 15 is 0 Å². The molecule has 0 aromatic carbocycles. The summed E-state index contributed by atoms with van der Waals surface area (Å²) in [6.07, 6.45) is 7.98. The number of hydrogen-bond acceptors (Lipinski definition) is 2. The predicted octanol–water partition coefficient (Wildman–Crippen LogP) is 1.32. The summed E-state index contributed by atoms with van der Waals surface area (Å²) in [6.45, 7) is 3.35. The fourth-order valence-corrected chi connectivity index (χ4v) is 1.03. The topological polar surface area (TPSA) is 67.3 Å². The van der Waals surface area contributed by atoms with Gasteiger partial charge in [-0.3, -0.25) is 0 Å². The molecule has 0 atom stereocenters. The third-order valence-corrected chi connectivity index (χ3v) is 1.81. The summed E-state index contributed by atoms with van der Waals surface area (Å²) in [7, 11) is 2.07. The van der Waals surface area contributed by atoms with E-state index in [9.17, 15) is 0 Å². The molecule has 1 heterocycles. The molecule has 0 unspecified atom stereocenters. The van der Waals surface area contributed by atoms with Crippen LogP contribution in [0.5, 0.6) is 0 Å². The Hall–Kier alpha value is -1.92. The van der Waals surface area contributed by atoms with Crippen molar-refractivity contribution < 1.29 is 4.68 Å². The second kappa shape index (κ2) is 8.67. The van der Waals surface area contributed by atoms with Crippen molar-refractivity contribution in [2.45, 2.75) is 26.3 Å². The Kier molecular flexibility index (Phi) is 7.56. The van der Waals surface area contributed by atoms with Gasteiger partial charge in [-0.1, -0.05) is 13.3 Å². The summed E-state index contributed by atoms with van der Waals surface area (Å²) in [5.41, 5.74) is 0. The lowest BCUT2D eigenvalue weighted by molar-refractivity contribution is -0.753. The zero-order chi connectivity index (χ0) is 11.5. The molecule has 1 aromatic rings. The van der Waals surface area contributed by atoms with Crippen LogP contribution in [0.4, 0.5) is 0 Å². The molecule has 0 amide bonds. The Bertz CT molecular complexity index is 354. The summed E-state index contributed by atoms with van der Waals surface area (Å²) < 4.78 is 4.32. The van der Waals surface area contributed by atoms with E-state index in [0.717, 1.165) is 6.54 Å². The molecule has 5 nitrogen and oxygen atoms in total. The number of rotatable bonds is 3. The summed E-state index contributed by atoms with van der Waals surface area (Å²) in [4.78, 5) is 2.58. The maximum absolute atomic E-state index is 7.43. The first kappa shape index (κ1) is 13.1. The summed E-state index contributed by atoms with van der Waals surface area (Å²) in [6, 6.07) is 3.35. The predicted molar refractivity (Wildman–Crippen MR) is 56.9 cm³/mol. The summed E-state index contributed by atoms with van der Waals surface area (Å²) in [5, 5.41) is 14.9. The van der Waals surface area contributed by atoms with Gasteiger partial charge in [-0.25, -0.2) is 0 Å². The molecule has 0 saturated carbocycles. The lowest BCUT2D eigenvalue weighted by Crippen LogP contribution is -2.37. The van der Waals surface area contributed by atoms with Gasteiger partial charge in [0.1, 0.15) is 0 Å². The number of nitrogens with zero attached hydrogens (tertiary/aromatic N) is 5. The van der Waals surface area contributed by atoms with E-state index in [-0.39, 0.29) is 0 Å². The fraction of sp³-hybridized carbons (Fsp3) is 0.500. The summed E-state index contributed by atoms with van der Waals surface area (Å²) >= 11 is 0. The van der Waals surface area contributed by atoms with Gasteiger partial charge in [-0.2, -0.15) is 9.94 Å². The van der Waals surface area contributed by atoms with Crippen LogP contribution in [-0.4, -0.2) is 10.7 Å². The van der Waals surface area contributed by atoms with E-state index in [4.69, 9.17) is 10.7 Å². The average Bonchev–Trinajstić information content (AvgIpc) is 2.63. The molecule has 0 aliphatic rings. The second-order valence-electron chi connectivity index (χ2n) is 2.89. The van der Waals surface area contributed by atoms with Gasteiger partial charge in [-0.15, -0.1) is 10.7 Å². The van der Waals surface area contributed by atoms with Crippen molar-refractivity contribution in [1.82, 2.24) is 4.68 Å². The lowest BCUT2D eigenvalue weighted by Gasteiger charge is -1.96. The standard InChI is InChI=1S/C8H15N2.C2N3/c1-3-4-7-10-8-5-6-9(10)2;3-1-5-2-4/h5-6,8H,3-4,7H2,1-2H3;/q+1;-1. The quantitative estimate of drug-likeness (QED) is 0.417. The number of hydrogen-bond donors (Lipinski definition) is 0. The molecule has 0 saturated heterocycles. The van der Waals surface area contributed by atoms with Crippen LogP contribution in [-0.2, 0) is 13.6 Å². The highest BCUT2D eigenvalue weighted by Gasteiger charge is 1.98. The molecule has 5 heteroatoms. The number of unbranched alkanes of at least 4 members (excludes halogenated alkanes) is 1. The first-order valence-electron chi connectivity index (χ1n) is 4.75. The van der Waals surface area contributed by atoms with Gasteiger partial charge in [0, 0.05) is 6.07 Å². The minimum absolute atomic E-state index is 1.14. The fourth-order valence-electron chi connectivity index (χ4n) is 1.03. The largest absolute Gasteiger partial charge is 0.422 e. The SMILES string of the molecule is CCCCn1ccc[n+]1C.N#CN=C=[N-]. The maximum Gasteiger partial charge on any atom is 0.195 e. The van der Waals surface area contributed by atoms with Crippen molar-refractivity contribution in [3.05, 3.63) is 23.9 Å². The third-order valence-electron chi connectivity index (χ3n) is 1.81. The Balaban J connectivity index is 0.000000336. The maximum atomic E-state index is 7.43. The zero-order valence-electron chi connectivity index (χ0n) is 9.09. The molecule has 1 rings (SSSR count). The van der Waals surface area contributed by atoms with Crippen LogP contribution in [0.25, 0.3) is 5.41 Å². The van der Waals surface area contributed by atoms with E-state index in [1.54, 1.807) is 0 Å². The normalized spacial score (nSPS) is 8.07. The van der Waals surface area contributed by atoms with Crippen LogP contribution in [0.1, 0.15) is 19.8 Å². The molecule has 80 valence electrons. The summed E-state index contributed by atoms with van der Waals surface area (Å²) in [5.74, 6) is 0. The molecular formula is C10H15N5. The Morgan fingerprint density at radius 1 is 1.60 bits per heavy atom. The Labute approximate surface area is 89.8 Å². The molecule has 1 aromatic heterocycles. The van der Waals surface area contributed by atoms with E-state index < -0.39 is 0 Å². The molecular weight excluding hydrogens is 190 g/mol. The van der Waals surface area contributed by atoms with E-state index in [1.807, 2.05) is 0 Å².